The van der Waals surface area contributed by atoms with Gasteiger partial charge >= 0.3 is 0 Å². The highest BCUT2D eigenvalue weighted by atomic mass is 35.5. The molecule has 1 aromatic heterocycles. The Balaban J connectivity index is 0.00000264. The molecular formula is C17H19ClN4O. The van der Waals surface area contributed by atoms with Gasteiger partial charge in [-0.1, -0.05) is 12.1 Å². The van der Waals surface area contributed by atoms with E-state index in [4.69, 9.17) is 5.26 Å². The SMILES string of the molecule is Cc1cc(C)n(/N=C/c2ccc(N(C)C)cc2)c(=O)c1C#N.Cl. The van der Waals surface area contributed by atoms with Crippen molar-refractivity contribution in [3.63, 3.8) is 0 Å². The quantitative estimate of drug-likeness (QED) is 0.813. The lowest BCUT2D eigenvalue weighted by Gasteiger charge is -2.11. The van der Waals surface area contributed by atoms with E-state index in [1.807, 2.05) is 49.3 Å². The third-order valence-electron chi connectivity index (χ3n) is 3.40. The topological polar surface area (TPSA) is 61.4 Å². The van der Waals surface area contributed by atoms with Crippen LogP contribution in [0.4, 0.5) is 5.69 Å². The van der Waals surface area contributed by atoms with Crippen molar-refractivity contribution in [1.29, 1.82) is 5.26 Å². The van der Waals surface area contributed by atoms with Crippen molar-refractivity contribution in [1.82, 2.24) is 4.68 Å². The summed E-state index contributed by atoms with van der Waals surface area (Å²) in [6, 6.07) is 11.5. The van der Waals surface area contributed by atoms with E-state index in [9.17, 15) is 4.79 Å². The molecule has 0 aliphatic carbocycles. The molecule has 1 aromatic carbocycles. The summed E-state index contributed by atoms with van der Waals surface area (Å²) in [5, 5.41) is 13.3. The lowest BCUT2D eigenvalue weighted by atomic mass is 10.1. The Bertz CT molecular complexity index is 814. The van der Waals surface area contributed by atoms with Gasteiger partial charge in [-0.15, -0.1) is 12.4 Å². The van der Waals surface area contributed by atoms with Crippen molar-refractivity contribution >= 4 is 24.3 Å². The number of nitrogens with zero attached hydrogens (tertiary/aromatic N) is 4. The van der Waals surface area contributed by atoms with Crippen LogP contribution in [-0.4, -0.2) is 25.0 Å². The summed E-state index contributed by atoms with van der Waals surface area (Å²) in [7, 11) is 3.95. The normalized spacial score (nSPS) is 10.2. The Morgan fingerprint density at radius 3 is 2.35 bits per heavy atom. The number of nitriles is 1. The van der Waals surface area contributed by atoms with Crippen molar-refractivity contribution in [3.8, 4) is 6.07 Å². The molecule has 0 spiro atoms. The number of pyridine rings is 1. The molecule has 0 N–H and O–H groups in total. The van der Waals surface area contributed by atoms with Gasteiger partial charge in [-0.3, -0.25) is 4.79 Å². The molecule has 0 aliphatic rings. The molecule has 23 heavy (non-hydrogen) atoms. The van der Waals surface area contributed by atoms with E-state index < -0.39 is 0 Å². The first-order valence-corrected chi connectivity index (χ1v) is 6.89. The summed E-state index contributed by atoms with van der Waals surface area (Å²) in [5.41, 5.74) is 3.09. The molecule has 120 valence electrons. The van der Waals surface area contributed by atoms with Crippen LogP contribution in [0.2, 0.25) is 0 Å². The molecule has 0 amide bonds. The number of aryl methyl sites for hydroxylation is 2. The molecule has 0 saturated heterocycles. The average molecular weight is 331 g/mol. The van der Waals surface area contributed by atoms with Gasteiger partial charge in [0, 0.05) is 25.5 Å². The second-order valence-corrected chi connectivity index (χ2v) is 5.30. The maximum Gasteiger partial charge on any atom is 0.289 e. The van der Waals surface area contributed by atoms with Gasteiger partial charge in [-0.05, 0) is 43.2 Å². The average Bonchev–Trinajstić information content (AvgIpc) is 2.47. The molecule has 0 fully saturated rings. The van der Waals surface area contributed by atoms with Gasteiger partial charge in [0.25, 0.3) is 5.56 Å². The van der Waals surface area contributed by atoms with Crippen molar-refractivity contribution in [3.05, 3.63) is 63.1 Å². The Morgan fingerprint density at radius 1 is 1.22 bits per heavy atom. The van der Waals surface area contributed by atoms with Crippen LogP contribution in [0.1, 0.15) is 22.4 Å². The number of benzene rings is 1. The van der Waals surface area contributed by atoms with E-state index in [0.717, 1.165) is 11.3 Å². The van der Waals surface area contributed by atoms with Crippen molar-refractivity contribution in [2.75, 3.05) is 19.0 Å². The molecular weight excluding hydrogens is 312 g/mol. The molecule has 5 nitrogen and oxygen atoms in total. The maximum atomic E-state index is 12.2. The Kier molecular flexibility index (Phi) is 6.11. The van der Waals surface area contributed by atoms with Crippen LogP contribution in [0, 0.1) is 25.2 Å². The second kappa shape index (κ2) is 7.61. The molecule has 0 radical (unpaired) electrons. The van der Waals surface area contributed by atoms with Crippen LogP contribution in [0.3, 0.4) is 0 Å². The highest BCUT2D eigenvalue weighted by Gasteiger charge is 2.08. The minimum Gasteiger partial charge on any atom is -0.378 e. The smallest absolute Gasteiger partial charge is 0.289 e. The first kappa shape index (κ1) is 18.5. The number of hydrogen-bond donors (Lipinski definition) is 0. The predicted octanol–water partition coefficient (Wildman–Crippen LogP) is 2.71. The van der Waals surface area contributed by atoms with Crippen LogP contribution in [0.15, 0.2) is 40.2 Å². The summed E-state index contributed by atoms with van der Waals surface area (Å²) < 4.78 is 1.26. The molecule has 2 rings (SSSR count). The number of hydrogen-bond acceptors (Lipinski definition) is 4. The Labute approximate surface area is 141 Å². The fraction of sp³-hybridized carbons (Fsp3) is 0.235. The van der Waals surface area contributed by atoms with Crippen LogP contribution in [0.25, 0.3) is 0 Å². The Morgan fingerprint density at radius 2 is 1.83 bits per heavy atom. The van der Waals surface area contributed by atoms with Gasteiger partial charge in [0.2, 0.25) is 0 Å². The zero-order valence-corrected chi connectivity index (χ0v) is 14.4. The Hall–Kier alpha value is -2.58. The number of rotatable bonds is 3. The van der Waals surface area contributed by atoms with Crippen LogP contribution in [-0.2, 0) is 0 Å². The van der Waals surface area contributed by atoms with Gasteiger partial charge in [-0.25, -0.2) is 4.68 Å². The number of aromatic nitrogens is 1. The van der Waals surface area contributed by atoms with Gasteiger partial charge in [-0.2, -0.15) is 10.4 Å². The maximum absolute atomic E-state index is 12.2. The minimum atomic E-state index is -0.388. The predicted molar refractivity (Wildman–Crippen MR) is 95.9 cm³/mol. The highest BCUT2D eigenvalue weighted by molar-refractivity contribution is 5.85. The zero-order chi connectivity index (χ0) is 16.3. The highest BCUT2D eigenvalue weighted by Crippen LogP contribution is 2.11. The molecule has 0 unspecified atom stereocenters. The van der Waals surface area contributed by atoms with Crippen molar-refractivity contribution in [2.24, 2.45) is 5.10 Å². The lowest BCUT2D eigenvalue weighted by molar-refractivity contribution is 0.786. The second-order valence-electron chi connectivity index (χ2n) is 5.30. The molecule has 0 saturated carbocycles. The van der Waals surface area contributed by atoms with Gasteiger partial charge in [0.05, 0.1) is 6.21 Å². The van der Waals surface area contributed by atoms with E-state index in [2.05, 4.69) is 5.10 Å². The van der Waals surface area contributed by atoms with E-state index in [1.54, 1.807) is 26.1 Å². The van der Waals surface area contributed by atoms with Gasteiger partial charge in [0.15, 0.2) is 0 Å². The van der Waals surface area contributed by atoms with Crippen LogP contribution >= 0.6 is 12.4 Å². The van der Waals surface area contributed by atoms with E-state index in [0.29, 0.717) is 11.3 Å². The fourth-order valence-electron chi connectivity index (χ4n) is 2.14. The first-order valence-electron chi connectivity index (χ1n) is 6.89. The fourth-order valence-corrected chi connectivity index (χ4v) is 2.14. The van der Waals surface area contributed by atoms with Gasteiger partial charge in [0.1, 0.15) is 11.6 Å². The van der Waals surface area contributed by atoms with Crippen molar-refractivity contribution < 1.29 is 0 Å². The number of halogens is 1. The van der Waals surface area contributed by atoms with E-state index >= 15 is 0 Å². The molecule has 0 aliphatic heterocycles. The molecule has 6 heteroatoms. The molecule has 0 bridgehead atoms. The minimum absolute atomic E-state index is 0. The zero-order valence-electron chi connectivity index (χ0n) is 13.6. The lowest BCUT2D eigenvalue weighted by Crippen LogP contribution is -2.22. The van der Waals surface area contributed by atoms with E-state index in [1.165, 1.54) is 4.68 Å². The summed E-state index contributed by atoms with van der Waals surface area (Å²) in [6.45, 7) is 3.54. The summed E-state index contributed by atoms with van der Waals surface area (Å²) >= 11 is 0. The van der Waals surface area contributed by atoms with Crippen molar-refractivity contribution in [2.45, 2.75) is 13.8 Å². The molecule has 0 atom stereocenters. The summed E-state index contributed by atoms with van der Waals surface area (Å²) in [4.78, 5) is 14.2. The summed E-state index contributed by atoms with van der Waals surface area (Å²) in [6.07, 6.45) is 1.62. The largest absolute Gasteiger partial charge is 0.378 e. The monoisotopic (exact) mass is 330 g/mol. The first-order chi connectivity index (χ1) is 10.4. The third-order valence-corrected chi connectivity index (χ3v) is 3.40. The third kappa shape index (κ3) is 3.99. The van der Waals surface area contributed by atoms with Crippen LogP contribution in [0.5, 0.6) is 0 Å². The molecule has 1 heterocycles. The standard InChI is InChI=1S/C17H18N4O.ClH/c1-12-9-13(2)21(17(22)16(12)10-18)19-11-14-5-7-15(8-6-14)20(3)4;/h5-9,11H,1-4H3;1H/b19-11+;. The number of anilines is 1. The van der Waals surface area contributed by atoms with Gasteiger partial charge < -0.3 is 4.90 Å². The molecule has 2 aromatic rings. The van der Waals surface area contributed by atoms with Crippen LogP contribution < -0.4 is 10.5 Å². The summed E-state index contributed by atoms with van der Waals surface area (Å²) in [5.74, 6) is 0. The van der Waals surface area contributed by atoms with E-state index in [-0.39, 0.29) is 23.5 Å².